The lowest BCUT2D eigenvalue weighted by molar-refractivity contribution is -0.609. The van der Waals surface area contributed by atoms with Crippen molar-refractivity contribution in [2.75, 3.05) is 14.2 Å². The van der Waals surface area contributed by atoms with Crippen LogP contribution in [0.2, 0.25) is 0 Å². The number of methoxy groups -OCH3 is 2. The van der Waals surface area contributed by atoms with E-state index in [1.807, 2.05) is 60.7 Å². The van der Waals surface area contributed by atoms with Gasteiger partial charge in [-0.25, -0.2) is 0 Å². The molecule has 0 amide bonds. The van der Waals surface area contributed by atoms with Crippen molar-refractivity contribution < 1.29 is 14.0 Å². The van der Waals surface area contributed by atoms with Gasteiger partial charge in [-0.05, 0) is 66.4 Å². The predicted octanol–water partition coefficient (Wildman–Crippen LogP) is 4.25. The Morgan fingerprint density at radius 2 is 1.28 bits per heavy atom. The first kappa shape index (κ1) is 17.4. The van der Waals surface area contributed by atoms with E-state index in [1.165, 1.54) is 23.5 Å². The molecule has 25 heavy (non-hydrogen) atoms. The zero-order chi connectivity index (χ0) is 17.6. The number of benzene rings is 2. The molecule has 3 aromatic rings. The lowest BCUT2D eigenvalue weighted by Crippen LogP contribution is -2.22. The van der Waals surface area contributed by atoms with E-state index in [-0.39, 0.29) is 0 Å². The molecule has 1 heterocycles. The molecule has 0 saturated carbocycles. The molecule has 5 nitrogen and oxygen atoms in total. The fourth-order valence-electron chi connectivity index (χ4n) is 2.07. The Labute approximate surface area is 154 Å². The van der Waals surface area contributed by atoms with Gasteiger partial charge in [0.25, 0.3) is 0 Å². The highest BCUT2D eigenvalue weighted by Crippen LogP contribution is 2.29. The summed E-state index contributed by atoms with van der Waals surface area (Å²) in [6.45, 7) is 0. The van der Waals surface area contributed by atoms with Crippen LogP contribution in [-0.2, 0) is 0 Å². The first-order chi connectivity index (χ1) is 12.2. The number of aromatic amines is 1. The van der Waals surface area contributed by atoms with Crippen LogP contribution < -0.4 is 14.0 Å². The summed E-state index contributed by atoms with van der Waals surface area (Å²) in [4.78, 5) is 14.2. The average molecular weight is 373 g/mol. The highest BCUT2D eigenvalue weighted by atomic mass is 32.2. The average Bonchev–Trinajstić information content (AvgIpc) is 2.65. The first-order valence-corrected chi connectivity index (χ1v) is 9.11. The molecule has 0 bridgehead atoms. The molecule has 1 aromatic heterocycles. The van der Waals surface area contributed by atoms with Crippen molar-refractivity contribution in [2.45, 2.75) is 19.8 Å². The maximum absolute atomic E-state index is 12.2. The third-order valence-electron chi connectivity index (χ3n) is 3.36. The fraction of sp³-hybridized carbons (Fsp3) is 0.111. The summed E-state index contributed by atoms with van der Waals surface area (Å²) < 4.78 is 11.1. The summed E-state index contributed by atoms with van der Waals surface area (Å²) in [6, 6.07) is 19.0. The van der Waals surface area contributed by atoms with Crippen molar-refractivity contribution in [3.63, 3.8) is 0 Å². The standard InChI is InChI=1S/C18H17N2O3S2/c1-22-13-3-7-15(8-4-13)24-17-11-12-18(20(21)19-17)25-16-9-5-14(23-2)6-10-16/h3-12H,1-2H3,(H,19,21)/q+1. The van der Waals surface area contributed by atoms with E-state index < -0.39 is 0 Å². The molecule has 0 radical (unpaired) electrons. The minimum atomic E-state index is 0.573. The number of hydrogen-bond donors (Lipinski definition) is 1. The molecule has 0 aliphatic carbocycles. The van der Waals surface area contributed by atoms with Gasteiger partial charge in [0.05, 0.1) is 19.1 Å². The Kier molecular flexibility index (Phi) is 5.67. The van der Waals surface area contributed by atoms with Crippen LogP contribution in [0.4, 0.5) is 0 Å². The lowest BCUT2D eigenvalue weighted by atomic mass is 10.3. The quantitative estimate of drug-likeness (QED) is 0.655. The number of nitrogens with one attached hydrogen (secondary N) is 1. The van der Waals surface area contributed by atoms with Crippen molar-refractivity contribution in [3.05, 3.63) is 65.6 Å². The van der Waals surface area contributed by atoms with Crippen LogP contribution in [0.1, 0.15) is 0 Å². The SMILES string of the molecule is COc1ccc(Sc2ccc(Sc3ccc(OC)cc3)[n+](=O)[nH]2)cc1. The normalized spacial score (nSPS) is 10.5. The zero-order valence-corrected chi connectivity index (χ0v) is 15.4. The Morgan fingerprint density at radius 1 is 0.760 bits per heavy atom. The number of rotatable bonds is 6. The van der Waals surface area contributed by atoms with Crippen molar-refractivity contribution >= 4 is 23.5 Å². The summed E-state index contributed by atoms with van der Waals surface area (Å²) in [5, 5.41) is 4.18. The van der Waals surface area contributed by atoms with Gasteiger partial charge in [-0.1, -0.05) is 11.8 Å². The number of ether oxygens (including phenoxy) is 2. The van der Waals surface area contributed by atoms with Crippen LogP contribution in [0.3, 0.4) is 0 Å². The molecule has 0 aliphatic rings. The molecule has 1 N–H and O–H groups in total. The topological polar surface area (TPSA) is 57.2 Å². The number of aromatic nitrogens is 2. The molecular formula is C18H17N2O3S2+. The summed E-state index contributed by atoms with van der Waals surface area (Å²) in [5.74, 6) is 1.59. The van der Waals surface area contributed by atoms with Crippen molar-refractivity contribution in [1.29, 1.82) is 0 Å². The fourth-order valence-corrected chi connectivity index (χ4v) is 3.64. The molecule has 0 spiro atoms. The number of H-pyrrole nitrogens is 1. The first-order valence-electron chi connectivity index (χ1n) is 7.47. The number of hydrogen-bond acceptors (Lipinski definition) is 5. The Morgan fingerprint density at radius 3 is 1.76 bits per heavy atom. The molecule has 3 rings (SSSR count). The summed E-state index contributed by atoms with van der Waals surface area (Å²) >= 11 is 2.87. The molecule has 0 fully saturated rings. The molecule has 0 saturated heterocycles. The monoisotopic (exact) mass is 373 g/mol. The number of nitrogens with zero attached hydrogens (tertiary/aromatic N) is 1. The van der Waals surface area contributed by atoms with Gasteiger partial charge in [0.2, 0.25) is 0 Å². The van der Waals surface area contributed by atoms with Gasteiger partial charge in [-0.3, -0.25) is 0 Å². The van der Waals surface area contributed by atoms with Crippen LogP contribution in [-0.4, -0.2) is 19.3 Å². The van der Waals surface area contributed by atoms with Crippen LogP contribution in [0.25, 0.3) is 0 Å². The van der Waals surface area contributed by atoms with E-state index in [2.05, 4.69) is 5.10 Å². The van der Waals surface area contributed by atoms with Gasteiger partial charge < -0.3 is 9.47 Å². The minimum Gasteiger partial charge on any atom is -0.497 e. The highest BCUT2D eigenvalue weighted by Gasteiger charge is 2.13. The smallest absolute Gasteiger partial charge is 0.330 e. The third kappa shape index (κ3) is 4.58. The Bertz CT molecular complexity index is 893. The Hall–Kier alpha value is -2.38. The summed E-state index contributed by atoms with van der Waals surface area (Å²) in [6.07, 6.45) is 0. The van der Waals surface area contributed by atoms with Gasteiger partial charge in [0.1, 0.15) is 16.5 Å². The lowest BCUT2D eigenvalue weighted by Gasteiger charge is -2.02. The van der Waals surface area contributed by atoms with Gasteiger partial charge in [-0.2, -0.15) is 0 Å². The van der Waals surface area contributed by atoms with E-state index in [0.29, 0.717) is 5.03 Å². The highest BCUT2D eigenvalue weighted by molar-refractivity contribution is 7.99. The summed E-state index contributed by atoms with van der Waals surface area (Å²) in [5.41, 5.74) is 0. The van der Waals surface area contributed by atoms with Crippen LogP contribution in [0.5, 0.6) is 11.5 Å². The molecule has 0 aliphatic heterocycles. The van der Waals surface area contributed by atoms with Crippen molar-refractivity contribution in [3.8, 4) is 11.5 Å². The van der Waals surface area contributed by atoms with Crippen molar-refractivity contribution in [1.82, 2.24) is 5.10 Å². The molecule has 2 aromatic carbocycles. The predicted molar refractivity (Wildman–Crippen MR) is 98.4 cm³/mol. The van der Waals surface area contributed by atoms with E-state index in [9.17, 15) is 4.91 Å². The van der Waals surface area contributed by atoms with Gasteiger partial charge in [0, 0.05) is 15.9 Å². The second kappa shape index (κ2) is 8.13. The molecule has 0 atom stereocenters. The van der Waals surface area contributed by atoms with Crippen LogP contribution >= 0.6 is 23.5 Å². The van der Waals surface area contributed by atoms with Crippen molar-refractivity contribution in [2.24, 2.45) is 0 Å². The minimum absolute atomic E-state index is 0.573. The second-order valence-electron chi connectivity index (χ2n) is 5.00. The third-order valence-corrected chi connectivity index (χ3v) is 5.33. The van der Waals surface area contributed by atoms with Crippen LogP contribution in [0.15, 0.2) is 80.5 Å². The molecule has 0 unspecified atom stereocenters. The summed E-state index contributed by atoms with van der Waals surface area (Å²) in [7, 11) is 3.26. The van der Waals surface area contributed by atoms with E-state index in [1.54, 1.807) is 14.2 Å². The Balaban J connectivity index is 1.72. The van der Waals surface area contributed by atoms with Gasteiger partial charge in [0.15, 0.2) is 4.54 Å². The maximum atomic E-state index is 12.2. The molecule has 7 heteroatoms. The van der Waals surface area contributed by atoms with Gasteiger partial charge >= 0.3 is 5.03 Å². The maximum Gasteiger partial charge on any atom is 0.330 e. The van der Waals surface area contributed by atoms with E-state index >= 15 is 0 Å². The second-order valence-corrected chi connectivity index (χ2v) is 7.21. The molecule has 128 valence electrons. The largest absolute Gasteiger partial charge is 0.497 e. The van der Waals surface area contributed by atoms with E-state index in [0.717, 1.165) is 30.9 Å². The van der Waals surface area contributed by atoms with Crippen LogP contribution in [0, 0.1) is 4.91 Å². The van der Waals surface area contributed by atoms with Gasteiger partial charge in [-0.15, -0.1) is 5.10 Å². The zero-order valence-electron chi connectivity index (χ0n) is 13.8. The molecular weight excluding hydrogens is 356 g/mol. The van der Waals surface area contributed by atoms with E-state index in [4.69, 9.17) is 9.47 Å².